The van der Waals surface area contributed by atoms with E-state index in [1.165, 1.54) is 6.20 Å². The third-order valence-electron chi connectivity index (χ3n) is 2.14. The number of carbonyl (C=O) groups is 1. The fourth-order valence-electron chi connectivity index (χ4n) is 1.29. The number of hydrogen-bond acceptors (Lipinski definition) is 4. The number of hydrogen-bond donors (Lipinski definition) is 0. The molecular formula is C15H14N2O2. The lowest BCUT2D eigenvalue weighted by atomic mass is 10.2. The summed E-state index contributed by atoms with van der Waals surface area (Å²) < 4.78 is 5.20. The van der Waals surface area contributed by atoms with Crippen LogP contribution in [0.5, 0.6) is 5.75 Å². The molecule has 0 aliphatic rings. The van der Waals surface area contributed by atoms with Crippen molar-refractivity contribution in [1.29, 1.82) is 5.26 Å². The number of para-hydroxylation sites is 1. The van der Waals surface area contributed by atoms with Crippen molar-refractivity contribution in [3.05, 3.63) is 59.9 Å². The van der Waals surface area contributed by atoms with Gasteiger partial charge in [0.05, 0.1) is 17.7 Å². The van der Waals surface area contributed by atoms with Crippen LogP contribution in [-0.4, -0.2) is 17.9 Å². The van der Waals surface area contributed by atoms with Crippen LogP contribution in [0.1, 0.15) is 22.8 Å². The van der Waals surface area contributed by atoms with Gasteiger partial charge in [-0.3, -0.25) is 9.78 Å². The summed E-state index contributed by atoms with van der Waals surface area (Å²) in [5, 5.41) is 8.25. The van der Waals surface area contributed by atoms with E-state index in [9.17, 15) is 4.79 Å². The second-order valence-electron chi connectivity index (χ2n) is 3.44. The number of benzene rings is 1. The van der Waals surface area contributed by atoms with Crippen LogP contribution in [0.2, 0.25) is 0 Å². The Bertz CT molecular complexity index is 548. The third-order valence-corrected chi connectivity index (χ3v) is 2.14. The van der Waals surface area contributed by atoms with Crippen molar-refractivity contribution in [2.75, 3.05) is 6.61 Å². The third kappa shape index (κ3) is 5.00. The average molecular weight is 254 g/mol. The Morgan fingerprint density at radius 1 is 1.32 bits per heavy atom. The molecule has 0 bridgehead atoms. The van der Waals surface area contributed by atoms with Gasteiger partial charge in [0.25, 0.3) is 0 Å². The van der Waals surface area contributed by atoms with Crippen LogP contribution in [0.15, 0.2) is 48.8 Å². The van der Waals surface area contributed by atoms with Crippen LogP contribution in [-0.2, 0) is 0 Å². The Hall–Kier alpha value is -2.67. The van der Waals surface area contributed by atoms with Crippen LogP contribution >= 0.6 is 0 Å². The zero-order valence-corrected chi connectivity index (χ0v) is 10.6. The van der Waals surface area contributed by atoms with Crippen molar-refractivity contribution in [3.63, 3.8) is 0 Å². The number of aldehydes is 1. The first-order valence-electron chi connectivity index (χ1n) is 5.79. The van der Waals surface area contributed by atoms with Crippen molar-refractivity contribution in [2.45, 2.75) is 6.92 Å². The minimum atomic E-state index is 0.588. The molecule has 1 heterocycles. The SMILES string of the molecule is CCOc1ccccc1C=O.N#Cc1cccnc1. The van der Waals surface area contributed by atoms with Gasteiger partial charge in [0, 0.05) is 12.4 Å². The van der Waals surface area contributed by atoms with Gasteiger partial charge in [-0.15, -0.1) is 0 Å². The van der Waals surface area contributed by atoms with Crippen LogP contribution in [0.3, 0.4) is 0 Å². The van der Waals surface area contributed by atoms with E-state index in [4.69, 9.17) is 10.00 Å². The maximum Gasteiger partial charge on any atom is 0.153 e. The van der Waals surface area contributed by atoms with Gasteiger partial charge in [-0.05, 0) is 31.2 Å². The Morgan fingerprint density at radius 3 is 2.63 bits per heavy atom. The molecule has 0 saturated heterocycles. The first kappa shape index (κ1) is 14.4. The Balaban J connectivity index is 0.000000200. The van der Waals surface area contributed by atoms with Crippen molar-refractivity contribution < 1.29 is 9.53 Å². The highest BCUT2D eigenvalue weighted by Crippen LogP contribution is 2.14. The van der Waals surface area contributed by atoms with Gasteiger partial charge in [-0.2, -0.15) is 5.26 Å². The number of carbonyl (C=O) groups excluding carboxylic acids is 1. The van der Waals surface area contributed by atoms with Crippen LogP contribution in [0.4, 0.5) is 0 Å². The number of ether oxygens (including phenoxy) is 1. The number of nitrogens with zero attached hydrogens (tertiary/aromatic N) is 2. The topological polar surface area (TPSA) is 63.0 Å². The number of pyridine rings is 1. The average Bonchev–Trinajstić information content (AvgIpc) is 2.49. The molecule has 0 spiro atoms. The highest BCUT2D eigenvalue weighted by atomic mass is 16.5. The van der Waals surface area contributed by atoms with Crippen molar-refractivity contribution in [2.24, 2.45) is 0 Å². The van der Waals surface area contributed by atoms with E-state index in [1.54, 1.807) is 30.5 Å². The molecule has 0 aliphatic carbocycles. The number of rotatable bonds is 3. The number of aromatic nitrogens is 1. The van der Waals surface area contributed by atoms with E-state index < -0.39 is 0 Å². The van der Waals surface area contributed by atoms with E-state index in [0.29, 0.717) is 23.5 Å². The first-order chi connectivity index (χ1) is 9.31. The second-order valence-corrected chi connectivity index (χ2v) is 3.44. The zero-order chi connectivity index (χ0) is 13.9. The molecule has 0 atom stereocenters. The first-order valence-corrected chi connectivity index (χ1v) is 5.79. The highest BCUT2D eigenvalue weighted by Gasteiger charge is 1.98. The second kappa shape index (κ2) is 8.43. The summed E-state index contributed by atoms with van der Waals surface area (Å²) in [6.45, 7) is 2.48. The Kier molecular flexibility index (Phi) is 6.38. The molecule has 0 amide bonds. The smallest absolute Gasteiger partial charge is 0.153 e. The van der Waals surface area contributed by atoms with Crippen LogP contribution in [0.25, 0.3) is 0 Å². The normalized spacial score (nSPS) is 8.63. The minimum absolute atomic E-state index is 0.588. The molecular weight excluding hydrogens is 240 g/mol. The monoisotopic (exact) mass is 254 g/mol. The highest BCUT2D eigenvalue weighted by molar-refractivity contribution is 5.79. The molecule has 4 heteroatoms. The van der Waals surface area contributed by atoms with E-state index in [1.807, 2.05) is 25.1 Å². The lowest BCUT2D eigenvalue weighted by molar-refractivity contribution is 0.112. The summed E-state index contributed by atoms with van der Waals surface area (Å²) in [7, 11) is 0. The summed E-state index contributed by atoms with van der Waals surface area (Å²) in [5.41, 5.74) is 1.21. The van der Waals surface area contributed by atoms with Crippen LogP contribution in [0, 0.1) is 11.3 Å². The molecule has 0 fully saturated rings. The molecule has 0 unspecified atom stereocenters. The maximum absolute atomic E-state index is 10.4. The molecule has 0 N–H and O–H groups in total. The van der Waals surface area contributed by atoms with Crippen molar-refractivity contribution in [3.8, 4) is 11.8 Å². The predicted octanol–water partition coefficient (Wildman–Crippen LogP) is 2.85. The minimum Gasteiger partial charge on any atom is -0.493 e. The van der Waals surface area contributed by atoms with Gasteiger partial charge >= 0.3 is 0 Å². The summed E-state index contributed by atoms with van der Waals surface area (Å²) in [5.74, 6) is 0.657. The van der Waals surface area contributed by atoms with Crippen molar-refractivity contribution >= 4 is 6.29 Å². The molecule has 4 nitrogen and oxygen atoms in total. The van der Waals surface area contributed by atoms with Gasteiger partial charge in [0.1, 0.15) is 11.8 Å². The fourth-order valence-corrected chi connectivity index (χ4v) is 1.29. The Labute approximate surface area is 112 Å². The van der Waals surface area contributed by atoms with Gasteiger partial charge in [0.15, 0.2) is 6.29 Å². The summed E-state index contributed by atoms with van der Waals surface area (Å²) in [4.78, 5) is 14.2. The number of nitriles is 1. The van der Waals surface area contributed by atoms with E-state index in [-0.39, 0.29) is 0 Å². The maximum atomic E-state index is 10.4. The van der Waals surface area contributed by atoms with Gasteiger partial charge in [-0.1, -0.05) is 12.1 Å². The van der Waals surface area contributed by atoms with Crippen molar-refractivity contribution in [1.82, 2.24) is 4.98 Å². The molecule has 2 aromatic rings. The fraction of sp³-hybridized carbons (Fsp3) is 0.133. The molecule has 96 valence electrons. The molecule has 0 radical (unpaired) electrons. The van der Waals surface area contributed by atoms with Gasteiger partial charge < -0.3 is 4.74 Å². The molecule has 1 aromatic heterocycles. The standard InChI is InChI=1S/C9H10O2.C6H4N2/c1-2-11-9-6-4-3-5-8(9)7-10;7-4-6-2-1-3-8-5-6/h3-7H,2H2,1H3;1-3,5H. The van der Waals surface area contributed by atoms with Crippen LogP contribution < -0.4 is 4.74 Å². The van der Waals surface area contributed by atoms with E-state index in [0.717, 1.165) is 6.29 Å². The lowest BCUT2D eigenvalue weighted by Gasteiger charge is -2.03. The van der Waals surface area contributed by atoms with E-state index >= 15 is 0 Å². The molecule has 2 rings (SSSR count). The summed E-state index contributed by atoms with van der Waals surface area (Å²) in [6, 6.07) is 12.6. The molecule has 0 aliphatic heterocycles. The van der Waals surface area contributed by atoms with Gasteiger partial charge in [-0.25, -0.2) is 0 Å². The molecule has 1 aromatic carbocycles. The predicted molar refractivity (Wildman–Crippen MR) is 72.0 cm³/mol. The summed E-state index contributed by atoms with van der Waals surface area (Å²) >= 11 is 0. The summed E-state index contributed by atoms with van der Waals surface area (Å²) in [6.07, 6.45) is 3.96. The largest absolute Gasteiger partial charge is 0.493 e. The molecule has 0 saturated carbocycles. The Morgan fingerprint density at radius 2 is 2.11 bits per heavy atom. The zero-order valence-electron chi connectivity index (χ0n) is 10.6. The van der Waals surface area contributed by atoms with E-state index in [2.05, 4.69) is 4.98 Å². The quantitative estimate of drug-likeness (QED) is 0.790. The van der Waals surface area contributed by atoms with Gasteiger partial charge in [0.2, 0.25) is 0 Å². The molecule has 19 heavy (non-hydrogen) atoms. The lowest BCUT2D eigenvalue weighted by Crippen LogP contribution is -1.94.